The van der Waals surface area contributed by atoms with Crippen LogP contribution in [0.15, 0.2) is 59.5 Å². The monoisotopic (exact) mass is 583 g/mol. The Bertz CT molecular complexity index is 1810. The summed E-state index contributed by atoms with van der Waals surface area (Å²) in [5, 5.41) is 9.36. The Morgan fingerprint density at radius 2 is 1.78 bits per heavy atom. The molecule has 1 amide bonds. The molecule has 0 N–H and O–H groups in total. The van der Waals surface area contributed by atoms with E-state index in [0.29, 0.717) is 23.4 Å². The van der Waals surface area contributed by atoms with Crippen molar-refractivity contribution in [1.82, 2.24) is 19.4 Å². The van der Waals surface area contributed by atoms with E-state index in [-0.39, 0.29) is 34.7 Å². The highest BCUT2D eigenvalue weighted by Crippen LogP contribution is 2.24. The summed E-state index contributed by atoms with van der Waals surface area (Å²) in [6, 6.07) is 11.5. The molecular formula is C28H24F3N5O4S. The predicted octanol–water partition coefficient (Wildman–Crippen LogP) is 3.64. The molecule has 0 fully saturated rings. The Morgan fingerprint density at radius 1 is 1.12 bits per heavy atom. The van der Waals surface area contributed by atoms with Crippen molar-refractivity contribution in [3.63, 3.8) is 0 Å². The quantitative estimate of drug-likeness (QED) is 0.276. The number of amides is 1. The number of fused-ring (bicyclic) bond motifs is 1. The number of pyridine rings is 1. The number of sulfone groups is 1. The maximum absolute atomic E-state index is 13.9. The number of nitriles is 1. The minimum atomic E-state index is -3.56. The molecule has 4 aromatic rings. The van der Waals surface area contributed by atoms with Crippen molar-refractivity contribution < 1.29 is 26.4 Å². The van der Waals surface area contributed by atoms with Crippen LogP contribution in [0.3, 0.4) is 0 Å². The second-order valence-corrected chi connectivity index (χ2v) is 11.7. The van der Waals surface area contributed by atoms with Gasteiger partial charge in [0.2, 0.25) is 5.91 Å². The number of nitrogens with zero attached hydrogens (tertiary/aromatic N) is 5. The lowest BCUT2D eigenvalue weighted by molar-refractivity contribution is -0.132. The molecule has 0 unspecified atom stereocenters. The van der Waals surface area contributed by atoms with E-state index in [1.807, 2.05) is 6.07 Å². The van der Waals surface area contributed by atoms with Gasteiger partial charge < -0.3 is 4.90 Å². The van der Waals surface area contributed by atoms with E-state index in [1.165, 1.54) is 54.9 Å². The fourth-order valence-electron chi connectivity index (χ4n) is 4.29. The summed E-state index contributed by atoms with van der Waals surface area (Å²) in [4.78, 5) is 37.1. The van der Waals surface area contributed by atoms with Gasteiger partial charge in [-0.2, -0.15) is 5.26 Å². The molecule has 0 spiro atoms. The van der Waals surface area contributed by atoms with Crippen LogP contribution in [-0.2, 0) is 21.1 Å². The summed E-state index contributed by atoms with van der Waals surface area (Å²) in [5.74, 6) is -5.96. The Morgan fingerprint density at radius 3 is 2.39 bits per heavy atom. The number of halogens is 3. The van der Waals surface area contributed by atoms with Gasteiger partial charge in [0.15, 0.2) is 32.9 Å². The number of carbonyl (C=O) groups is 1. The first-order valence-electron chi connectivity index (χ1n) is 12.5. The molecule has 0 radical (unpaired) electrons. The summed E-state index contributed by atoms with van der Waals surface area (Å²) in [6.07, 6.45) is 0.848. The summed E-state index contributed by atoms with van der Waals surface area (Å²) in [7, 11) is -3.56. The standard InChI is InChI=1S/C28H24F3N5O4S/c1-3-41(39,40)12-11-35(24(37)15-19-13-22(29)25(31)23(30)14-19)17(2)27-34-26-21(5-4-10-33-26)28(38)36(27)20-8-6-18(16-32)7-9-20/h4-10,13-14,17H,3,11-12,15H2,1-2H3/t17-/m1/s1. The third kappa shape index (κ3) is 6.28. The summed E-state index contributed by atoms with van der Waals surface area (Å²) in [5.41, 5.74) is 0.0588. The van der Waals surface area contributed by atoms with E-state index in [0.717, 1.165) is 4.90 Å². The number of hydrogen-bond donors (Lipinski definition) is 0. The van der Waals surface area contributed by atoms with Crippen LogP contribution in [0, 0.1) is 28.8 Å². The highest BCUT2D eigenvalue weighted by Gasteiger charge is 2.29. The number of benzene rings is 2. The molecule has 13 heteroatoms. The zero-order valence-corrected chi connectivity index (χ0v) is 22.8. The molecule has 0 bridgehead atoms. The molecular weight excluding hydrogens is 559 g/mol. The van der Waals surface area contributed by atoms with Gasteiger partial charge in [0, 0.05) is 18.5 Å². The Kier molecular flexibility index (Phi) is 8.53. The Balaban J connectivity index is 1.85. The molecule has 0 aliphatic carbocycles. The summed E-state index contributed by atoms with van der Waals surface area (Å²) in [6.45, 7) is 2.65. The van der Waals surface area contributed by atoms with Gasteiger partial charge in [0.05, 0.1) is 40.9 Å². The molecule has 41 heavy (non-hydrogen) atoms. The molecule has 2 aromatic heterocycles. The van der Waals surface area contributed by atoms with Crippen molar-refractivity contribution in [2.24, 2.45) is 0 Å². The molecule has 2 aromatic carbocycles. The van der Waals surface area contributed by atoms with Gasteiger partial charge in [-0.05, 0) is 61.0 Å². The van der Waals surface area contributed by atoms with Crippen molar-refractivity contribution in [2.45, 2.75) is 26.3 Å². The van der Waals surface area contributed by atoms with E-state index < -0.39 is 57.0 Å². The molecule has 2 heterocycles. The second kappa shape index (κ2) is 11.9. The lowest BCUT2D eigenvalue weighted by Crippen LogP contribution is -2.41. The molecule has 0 saturated carbocycles. The SMILES string of the molecule is CCS(=O)(=O)CCN(C(=O)Cc1cc(F)c(F)c(F)c1)[C@H](C)c1nc2ncccc2c(=O)n1-c1ccc(C#N)cc1. The van der Waals surface area contributed by atoms with E-state index >= 15 is 0 Å². The first-order valence-corrected chi connectivity index (χ1v) is 14.3. The molecule has 0 aliphatic heterocycles. The Labute approximate surface area is 233 Å². The van der Waals surface area contributed by atoms with Gasteiger partial charge in [0.1, 0.15) is 5.82 Å². The molecule has 0 aliphatic rings. The van der Waals surface area contributed by atoms with E-state index in [1.54, 1.807) is 6.07 Å². The lowest BCUT2D eigenvalue weighted by atomic mass is 10.1. The number of hydrogen-bond acceptors (Lipinski definition) is 7. The molecule has 4 rings (SSSR count). The molecule has 0 saturated heterocycles. The van der Waals surface area contributed by atoms with Crippen LogP contribution in [0.25, 0.3) is 16.7 Å². The number of aromatic nitrogens is 3. The van der Waals surface area contributed by atoms with Gasteiger partial charge in [-0.25, -0.2) is 31.6 Å². The smallest absolute Gasteiger partial charge is 0.267 e. The second-order valence-electron chi connectivity index (χ2n) is 9.19. The number of carbonyl (C=O) groups excluding carboxylic acids is 1. The molecule has 9 nitrogen and oxygen atoms in total. The third-order valence-electron chi connectivity index (χ3n) is 6.57. The minimum Gasteiger partial charge on any atom is -0.331 e. The zero-order valence-electron chi connectivity index (χ0n) is 22.0. The van der Waals surface area contributed by atoms with Gasteiger partial charge in [-0.3, -0.25) is 14.2 Å². The van der Waals surface area contributed by atoms with Gasteiger partial charge in [-0.15, -0.1) is 0 Å². The fraction of sp³-hybridized carbons (Fsp3) is 0.250. The van der Waals surface area contributed by atoms with Crippen LogP contribution < -0.4 is 5.56 Å². The number of rotatable bonds is 9. The maximum Gasteiger partial charge on any atom is 0.267 e. The van der Waals surface area contributed by atoms with Crippen molar-refractivity contribution in [3.8, 4) is 11.8 Å². The first kappa shape index (κ1) is 29.4. The average molecular weight is 584 g/mol. The van der Waals surface area contributed by atoms with E-state index in [9.17, 15) is 36.4 Å². The fourth-order valence-corrected chi connectivity index (χ4v) is 5.06. The van der Waals surface area contributed by atoms with Crippen LogP contribution in [0.1, 0.15) is 36.8 Å². The van der Waals surface area contributed by atoms with Crippen LogP contribution in [0.5, 0.6) is 0 Å². The normalized spacial score (nSPS) is 12.2. The summed E-state index contributed by atoms with van der Waals surface area (Å²) < 4.78 is 67.2. The highest BCUT2D eigenvalue weighted by atomic mass is 32.2. The average Bonchev–Trinajstić information content (AvgIpc) is 2.96. The highest BCUT2D eigenvalue weighted by molar-refractivity contribution is 7.91. The van der Waals surface area contributed by atoms with Crippen LogP contribution in [-0.4, -0.2) is 51.8 Å². The van der Waals surface area contributed by atoms with Crippen LogP contribution in [0.2, 0.25) is 0 Å². The third-order valence-corrected chi connectivity index (χ3v) is 8.25. The van der Waals surface area contributed by atoms with Crippen LogP contribution >= 0.6 is 0 Å². The van der Waals surface area contributed by atoms with Crippen molar-refractivity contribution in [2.75, 3.05) is 18.1 Å². The topological polar surface area (TPSA) is 126 Å². The van der Waals surface area contributed by atoms with Crippen molar-refractivity contribution in [3.05, 3.63) is 99.5 Å². The summed E-state index contributed by atoms with van der Waals surface area (Å²) >= 11 is 0. The molecule has 1 atom stereocenters. The zero-order chi connectivity index (χ0) is 29.9. The maximum atomic E-state index is 13.9. The first-order chi connectivity index (χ1) is 19.5. The minimum absolute atomic E-state index is 0.0321. The van der Waals surface area contributed by atoms with E-state index in [4.69, 9.17) is 0 Å². The Hall–Kier alpha value is -4.57. The van der Waals surface area contributed by atoms with Gasteiger partial charge >= 0.3 is 0 Å². The van der Waals surface area contributed by atoms with Crippen LogP contribution in [0.4, 0.5) is 13.2 Å². The van der Waals surface area contributed by atoms with Gasteiger partial charge in [-0.1, -0.05) is 6.92 Å². The van der Waals surface area contributed by atoms with E-state index in [2.05, 4.69) is 9.97 Å². The lowest BCUT2D eigenvalue weighted by Gasteiger charge is -2.30. The van der Waals surface area contributed by atoms with Gasteiger partial charge in [0.25, 0.3) is 5.56 Å². The van der Waals surface area contributed by atoms with Crippen molar-refractivity contribution in [1.29, 1.82) is 5.26 Å². The predicted molar refractivity (Wildman–Crippen MR) is 144 cm³/mol. The molecule has 212 valence electrons. The largest absolute Gasteiger partial charge is 0.331 e. The van der Waals surface area contributed by atoms with Crippen molar-refractivity contribution >= 4 is 26.8 Å².